The van der Waals surface area contributed by atoms with Gasteiger partial charge in [-0.1, -0.05) is 18.2 Å². The lowest BCUT2D eigenvalue weighted by molar-refractivity contribution is -0.119. The molecule has 2 rings (SSSR count). The molecule has 1 aromatic carbocycles. The molecule has 1 heterocycles. The molecule has 3 nitrogen and oxygen atoms in total. The first-order valence-corrected chi connectivity index (χ1v) is 7.77. The normalized spacial score (nSPS) is 16.2. The predicted octanol–water partition coefficient (Wildman–Crippen LogP) is 2.05. The molecule has 0 unspecified atom stereocenters. The third kappa shape index (κ3) is 2.87. The first-order valence-electron chi connectivity index (χ1n) is 6.38. The molecule has 0 saturated carbocycles. The van der Waals surface area contributed by atoms with Crippen molar-refractivity contribution in [2.45, 2.75) is 25.3 Å². The predicted molar refractivity (Wildman–Crippen MR) is 78.1 cm³/mol. The van der Waals surface area contributed by atoms with E-state index in [1.807, 2.05) is 29.4 Å². The second kappa shape index (κ2) is 6.25. The Kier molecular flexibility index (Phi) is 4.66. The second-order valence-corrected chi connectivity index (χ2v) is 5.60. The number of anilines is 1. The number of carbonyl (C=O) groups excluding carboxylic acids is 1. The Balaban J connectivity index is 2.12. The van der Waals surface area contributed by atoms with Gasteiger partial charge in [0.25, 0.3) is 0 Å². The van der Waals surface area contributed by atoms with Crippen molar-refractivity contribution in [2.75, 3.05) is 23.5 Å². The fraction of sp³-hybridized carbons (Fsp3) is 0.500. The van der Waals surface area contributed by atoms with Crippen LogP contribution in [0, 0.1) is 0 Å². The van der Waals surface area contributed by atoms with Gasteiger partial charge in [-0.3, -0.25) is 4.79 Å². The van der Waals surface area contributed by atoms with Gasteiger partial charge in [0.1, 0.15) is 0 Å². The van der Waals surface area contributed by atoms with Crippen LogP contribution in [0.1, 0.15) is 18.4 Å². The van der Waals surface area contributed by atoms with Gasteiger partial charge in [0.15, 0.2) is 0 Å². The molecule has 0 radical (unpaired) electrons. The number of hydrogen-bond donors (Lipinski definition) is 1. The van der Waals surface area contributed by atoms with Crippen LogP contribution in [-0.4, -0.2) is 30.5 Å². The van der Waals surface area contributed by atoms with Crippen LogP contribution in [0.2, 0.25) is 0 Å². The number of benzene rings is 1. The van der Waals surface area contributed by atoms with Gasteiger partial charge in [-0.2, -0.15) is 11.8 Å². The maximum absolute atomic E-state index is 12.4. The summed E-state index contributed by atoms with van der Waals surface area (Å²) >= 11 is 1.73. The SMILES string of the molecule is CSCC[C@@H](N)C(=O)N1CCCc2ccccc21. The molecule has 0 fully saturated rings. The Bertz CT molecular complexity index is 422. The molecule has 1 aliphatic heterocycles. The van der Waals surface area contributed by atoms with Crippen LogP contribution in [0.3, 0.4) is 0 Å². The summed E-state index contributed by atoms with van der Waals surface area (Å²) in [6.07, 6.45) is 4.87. The summed E-state index contributed by atoms with van der Waals surface area (Å²) in [4.78, 5) is 14.2. The quantitative estimate of drug-likeness (QED) is 0.905. The van der Waals surface area contributed by atoms with E-state index >= 15 is 0 Å². The number of amides is 1. The molecule has 0 spiro atoms. The Hall–Kier alpha value is -1.00. The number of nitrogens with two attached hydrogens (primary N) is 1. The molecule has 0 aliphatic carbocycles. The standard InChI is InChI=1S/C14H20N2OS/c1-18-10-8-12(15)14(17)16-9-4-6-11-5-2-3-7-13(11)16/h2-3,5,7,12H,4,6,8-10,15H2,1H3/t12-/m1/s1. The molecule has 2 N–H and O–H groups in total. The van der Waals surface area contributed by atoms with Crippen molar-refractivity contribution in [3.63, 3.8) is 0 Å². The Morgan fingerprint density at radius 1 is 1.50 bits per heavy atom. The average molecular weight is 264 g/mol. The molecular formula is C14H20N2OS. The third-order valence-electron chi connectivity index (χ3n) is 3.33. The van der Waals surface area contributed by atoms with Crippen LogP contribution in [0.15, 0.2) is 24.3 Å². The van der Waals surface area contributed by atoms with Gasteiger partial charge in [-0.15, -0.1) is 0 Å². The molecular weight excluding hydrogens is 244 g/mol. The zero-order valence-electron chi connectivity index (χ0n) is 10.8. The summed E-state index contributed by atoms with van der Waals surface area (Å²) in [7, 11) is 0. The Labute approximate surface area is 113 Å². The molecule has 0 bridgehead atoms. The summed E-state index contributed by atoms with van der Waals surface area (Å²) in [5, 5.41) is 0. The average Bonchev–Trinajstić information content (AvgIpc) is 2.43. The van der Waals surface area contributed by atoms with Crippen LogP contribution in [0.5, 0.6) is 0 Å². The number of aryl methyl sites for hydroxylation is 1. The molecule has 98 valence electrons. The summed E-state index contributed by atoms with van der Waals surface area (Å²) in [6.45, 7) is 0.794. The molecule has 1 aliphatic rings. The molecule has 1 atom stereocenters. The zero-order chi connectivity index (χ0) is 13.0. The van der Waals surface area contributed by atoms with Crippen molar-refractivity contribution < 1.29 is 4.79 Å². The lowest BCUT2D eigenvalue weighted by Crippen LogP contribution is -2.46. The number of thioether (sulfide) groups is 1. The highest BCUT2D eigenvalue weighted by molar-refractivity contribution is 7.98. The van der Waals surface area contributed by atoms with E-state index < -0.39 is 0 Å². The van der Waals surface area contributed by atoms with Gasteiger partial charge < -0.3 is 10.6 Å². The highest BCUT2D eigenvalue weighted by Crippen LogP contribution is 2.27. The number of rotatable bonds is 4. The monoisotopic (exact) mass is 264 g/mol. The molecule has 1 amide bonds. The van der Waals surface area contributed by atoms with E-state index in [-0.39, 0.29) is 11.9 Å². The minimum absolute atomic E-state index is 0.0659. The van der Waals surface area contributed by atoms with E-state index in [2.05, 4.69) is 6.07 Å². The summed E-state index contributed by atoms with van der Waals surface area (Å²) in [5.41, 5.74) is 8.29. The minimum Gasteiger partial charge on any atom is -0.320 e. The van der Waals surface area contributed by atoms with E-state index in [0.717, 1.165) is 37.2 Å². The smallest absolute Gasteiger partial charge is 0.243 e. The van der Waals surface area contributed by atoms with Gasteiger partial charge in [-0.25, -0.2) is 0 Å². The maximum Gasteiger partial charge on any atom is 0.243 e. The van der Waals surface area contributed by atoms with Crippen LogP contribution >= 0.6 is 11.8 Å². The fourth-order valence-corrected chi connectivity index (χ4v) is 2.82. The second-order valence-electron chi connectivity index (χ2n) is 4.61. The minimum atomic E-state index is -0.372. The van der Waals surface area contributed by atoms with Crippen molar-refractivity contribution in [3.8, 4) is 0 Å². The van der Waals surface area contributed by atoms with Crippen LogP contribution < -0.4 is 10.6 Å². The molecule has 4 heteroatoms. The van der Waals surface area contributed by atoms with E-state index in [9.17, 15) is 4.79 Å². The lowest BCUT2D eigenvalue weighted by Gasteiger charge is -2.31. The van der Waals surface area contributed by atoms with Crippen LogP contribution in [0.25, 0.3) is 0 Å². The molecule has 1 aromatic rings. The van der Waals surface area contributed by atoms with Gasteiger partial charge >= 0.3 is 0 Å². The van der Waals surface area contributed by atoms with Crippen molar-refractivity contribution in [2.24, 2.45) is 5.73 Å². The molecule has 0 saturated heterocycles. The summed E-state index contributed by atoms with van der Waals surface area (Å²) < 4.78 is 0. The largest absolute Gasteiger partial charge is 0.320 e. The van der Waals surface area contributed by atoms with Gasteiger partial charge in [0, 0.05) is 12.2 Å². The van der Waals surface area contributed by atoms with Crippen molar-refractivity contribution in [3.05, 3.63) is 29.8 Å². The first-order chi connectivity index (χ1) is 8.74. The number of fused-ring (bicyclic) bond motifs is 1. The summed E-state index contributed by atoms with van der Waals surface area (Å²) in [5.74, 6) is 0.999. The first kappa shape index (κ1) is 13.4. The van der Waals surface area contributed by atoms with Gasteiger partial charge in [0.05, 0.1) is 6.04 Å². The number of hydrogen-bond acceptors (Lipinski definition) is 3. The lowest BCUT2D eigenvalue weighted by atomic mass is 10.0. The van der Waals surface area contributed by atoms with E-state index in [0.29, 0.717) is 0 Å². The Morgan fingerprint density at radius 3 is 3.06 bits per heavy atom. The van der Waals surface area contributed by atoms with Gasteiger partial charge in [-0.05, 0) is 42.9 Å². The molecule has 0 aromatic heterocycles. The topological polar surface area (TPSA) is 46.3 Å². The zero-order valence-corrected chi connectivity index (χ0v) is 11.6. The highest BCUT2D eigenvalue weighted by atomic mass is 32.2. The molecule has 18 heavy (non-hydrogen) atoms. The van der Waals surface area contributed by atoms with Crippen molar-refractivity contribution in [1.82, 2.24) is 0 Å². The van der Waals surface area contributed by atoms with Crippen molar-refractivity contribution in [1.29, 1.82) is 0 Å². The van der Waals surface area contributed by atoms with E-state index in [1.165, 1.54) is 5.56 Å². The number of carbonyl (C=O) groups is 1. The number of nitrogens with zero attached hydrogens (tertiary/aromatic N) is 1. The maximum atomic E-state index is 12.4. The van der Waals surface area contributed by atoms with Crippen LogP contribution in [-0.2, 0) is 11.2 Å². The van der Waals surface area contributed by atoms with E-state index in [1.54, 1.807) is 11.8 Å². The number of para-hydroxylation sites is 1. The van der Waals surface area contributed by atoms with Crippen LogP contribution in [0.4, 0.5) is 5.69 Å². The fourth-order valence-electron chi connectivity index (χ4n) is 2.33. The van der Waals surface area contributed by atoms with Gasteiger partial charge in [0.2, 0.25) is 5.91 Å². The van der Waals surface area contributed by atoms with E-state index in [4.69, 9.17) is 5.73 Å². The third-order valence-corrected chi connectivity index (χ3v) is 3.97. The highest BCUT2D eigenvalue weighted by Gasteiger charge is 2.25. The van der Waals surface area contributed by atoms with Crippen molar-refractivity contribution >= 4 is 23.4 Å². The Morgan fingerprint density at radius 2 is 2.28 bits per heavy atom. The summed E-state index contributed by atoms with van der Waals surface area (Å²) in [6, 6.07) is 7.76.